The quantitative estimate of drug-likeness (QED) is 0.576. The summed E-state index contributed by atoms with van der Waals surface area (Å²) in [6, 6.07) is 11.5. The first-order valence-corrected chi connectivity index (χ1v) is 11.1. The number of hydrogen-bond acceptors (Lipinski definition) is 7. The molecule has 1 saturated heterocycles. The zero-order valence-corrected chi connectivity index (χ0v) is 19.6. The minimum atomic E-state index is -0.0769. The molecule has 1 aliphatic heterocycles. The fourth-order valence-electron chi connectivity index (χ4n) is 4.14. The van der Waals surface area contributed by atoms with Gasteiger partial charge in [0.15, 0.2) is 11.5 Å². The van der Waals surface area contributed by atoms with Crippen molar-refractivity contribution >= 4 is 11.6 Å². The van der Waals surface area contributed by atoms with Crippen LogP contribution in [0.5, 0.6) is 11.5 Å². The maximum atomic E-state index is 12.9. The Balaban J connectivity index is 1.39. The van der Waals surface area contributed by atoms with Gasteiger partial charge in [0.1, 0.15) is 0 Å². The summed E-state index contributed by atoms with van der Waals surface area (Å²) in [5.41, 5.74) is 3.94. The molecule has 0 spiro atoms. The number of benzene rings is 2. The van der Waals surface area contributed by atoms with Crippen molar-refractivity contribution < 1.29 is 18.8 Å². The summed E-state index contributed by atoms with van der Waals surface area (Å²) in [6.07, 6.45) is 1.81. The molecule has 8 nitrogen and oxygen atoms in total. The van der Waals surface area contributed by atoms with Gasteiger partial charge in [0.05, 0.1) is 26.7 Å². The van der Waals surface area contributed by atoms with Gasteiger partial charge in [-0.15, -0.1) is 0 Å². The highest BCUT2D eigenvalue weighted by molar-refractivity contribution is 5.93. The lowest BCUT2D eigenvalue weighted by Gasteiger charge is -2.31. The Morgan fingerprint density at radius 1 is 1.18 bits per heavy atom. The predicted octanol–water partition coefficient (Wildman–Crippen LogP) is 4.22. The Morgan fingerprint density at radius 2 is 2.00 bits per heavy atom. The number of piperidine rings is 1. The second-order valence-electron chi connectivity index (χ2n) is 8.39. The van der Waals surface area contributed by atoms with Crippen LogP contribution in [0.25, 0.3) is 11.4 Å². The van der Waals surface area contributed by atoms with Gasteiger partial charge in [0, 0.05) is 17.8 Å². The van der Waals surface area contributed by atoms with Crippen molar-refractivity contribution in [3.05, 3.63) is 53.4 Å². The monoisotopic (exact) mass is 450 g/mol. The molecule has 0 aliphatic carbocycles. The maximum Gasteiger partial charge on any atom is 0.241 e. The van der Waals surface area contributed by atoms with E-state index in [9.17, 15) is 4.79 Å². The number of ether oxygens (including phenoxy) is 2. The van der Waals surface area contributed by atoms with E-state index in [0.717, 1.165) is 36.2 Å². The van der Waals surface area contributed by atoms with Crippen molar-refractivity contribution in [2.75, 3.05) is 32.6 Å². The van der Waals surface area contributed by atoms with Crippen LogP contribution in [0.15, 0.2) is 40.9 Å². The van der Waals surface area contributed by atoms with Crippen molar-refractivity contribution in [2.45, 2.75) is 33.2 Å². The summed E-state index contributed by atoms with van der Waals surface area (Å²) >= 11 is 0. The van der Waals surface area contributed by atoms with Gasteiger partial charge in [0.2, 0.25) is 17.6 Å². The van der Waals surface area contributed by atoms with E-state index < -0.39 is 0 Å². The van der Waals surface area contributed by atoms with E-state index in [4.69, 9.17) is 14.0 Å². The lowest BCUT2D eigenvalue weighted by Crippen LogP contribution is -2.40. The molecule has 1 fully saturated rings. The second-order valence-corrected chi connectivity index (χ2v) is 8.39. The Labute approximate surface area is 193 Å². The fraction of sp³-hybridized carbons (Fsp3) is 0.400. The van der Waals surface area contributed by atoms with E-state index in [2.05, 4.69) is 20.4 Å². The highest BCUT2D eigenvalue weighted by atomic mass is 16.5. The first kappa shape index (κ1) is 22.8. The summed E-state index contributed by atoms with van der Waals surface area (Å²) in [5, 5.41) is 7.23. The number of methoxy groups -OCH3 is 2. The summed E-state index contributed by atoms with van der Waals surface area (Å²) in [5.74, 6) is 2.25. The molecule has 1 amide bonds. The van der Waals surface area contributed by atoms with Crippen LogP contribution in [-0.2, 0) is 11.3 Å². The number of hydrogen-bond donors (Lipinski definition) is 1. The summed E-state index contributed by atoms with van der Waals surface area (Å²) in [7, 11) is 3.19. The topological polar surface area (TPSA) is 89.7 Å². The van der Waals surface area contributed by atoms with Crippen molar-refractivity contribution in [2.24, 2.45) is 5.92 Å². The predicted molar refractivity (Wildman–Crippen MR) is 125 cm³/mol. The fourth-order valence-corrected chi connectivity index (χ4v) is 4.14. The molecule has 174 valence electrons. The number of anilines is 1. The molecular formula is C25H30N4O4. The lowest BCUT2D eigenvalue weighted by atomic mass is 9.96. The van der Waals surface area contributed by atoms with E-state index in [1.54, 1.807) is 14.2 Å². The first-order chi connectivity index (χ1) is 16.0. The third-order valence-electron chi connectivity index (χ3n) is 6.21. The highest BCUT2D eigenvalue weighted by Crippen LogP contribution is 2.31. The van der Waals surface area contributed by atoms with Crippen LogP contribution in [0.3, 0.4) is 0 Å². The summed E-state index contributed by atoms with van der Waals surface area (Å²) in [4.78, 5) is 19.7. The van der Waals surface area contributed by atoms with Crippen LogP contribution in [0, 0.1) is 19.8 Å². The van der Waals surface area contributed by atoms with Crippen molar-refractivity contribution in [1.82, 2.24) is 15.0 Å². The third-order valence-corrected chi connectivity index (χ3v) is 6.21. The number of aryl methyl sites for hydroxylation is 1. The SMILES string of the molecule is COc1ccc(-c2noc(CN3CCCC(C(=O)Nc4cccc(C)c4C)C3)n2)cc1OC. The molecule has 2 heterocycles. The van der Waals surface area contributed by atoms with Crippen LogP contribution < -0.4 is 14.8 Å². The smallest absolute Gasteiger partial charge is 0.241 e. The van der Waals surface area contributed by atoms with Crippen LogP contribution in [0.4, 0.5) is 5.69 Å². The van der Waals surface area contributed by atoms with Gasteiger partial charge in [0.25, 0.3) is 0 Å². The summed E-state index contributed by atoms with van der Waals surface area (Å²) in [6.45, 7) is 6.14. The Morgan fingerprint density at radius 3 is 2.79 bits per heavy atom. The molecule has 1 N–H and O–H groups in total. The largest absolute Gasteiger partial charge is 0.493 e. The van der Waals surface area contributed by atoms with Gasteiger partial charge in [-0.2, -0.15) is 4.98 Å². The van der Waals surface area contributed by atoms with Crippen LogP contribution in [-0.4, -0.2) is 48.3 Å². The zero-order chi connectivity index (χ0) is 23.4. The number of carbonyl (C=O) groups is 1. The molecule has 0 saturated carbocycles. The van der Waals surface area contributed by atoms with Crippen molar-refractivity contribution in [3.8, 4) is 22.9 Å². The van der Waals surface area contributed by atoms with E-state index in [-0.39, 0.29) is 11.8 Å². The molecule has 1 atom stereocenters. The first-order valence-electron chi connectivity index (χ1n) is 11.1. The summed E-state index contributed by atoms with van der Waals surface area (Å²) < 4.78 is 16.1. The minimum absolute atomic E-state index is 0.0601. The van der Waals surface area contributed by atoms with Gasteiger partial charge in [-0.1, -0.05) is 17.3 Å². The number of amides is 1. The minimum Gasteiger partial charge on any atom is -0.493 e. The van der Waals surface area contributed by atoms with E-state index in [1.165, 1.54) is 5.56 Å². The number of carbonyl (C=O) groups excluding carboxylic acids is 1. The molecule has 3 aromatic rings. The number of nitrogens with zero attached hydrogens (tertiary/aromatic N) is 3. The molecule has 1 aliphatic rings. The number of rotatable bonds is 7. The van der Waals surface area contributed by atoms with Gasteiger partial charge < -0.3 is 19.3 Å². The van der Waals surface area contributed by atoms with Crippen molar-refractivity contribution in [3.63, 3.8) is 0 Å². The van der Waals surface area contributed by atoms with Gasteiger partial charge in [-0.3, -0.25) is 9.69 Å². The Kier molecular flexibility index (Phi) is 6.93. The molecule has 8 heteroatoms. The molecule has 1 aromatic heterocycles. The molecule has 2 aromatic carbocycles. The van der Waals surface area contributed by atoms with E-state index >= 15 is 0 Å². The number of likely N-dealkylation sites (tertiary alicyclic amines) is 1. The Hall–Kier alpha value is -3.39. The van der Waals surface area contributed by atoms with Crippen molar-refractivity contribution in [1.29, 1.82) is 0 Å². The average Bonchev–Trinajstić information content (AvgIpc) is 3.30. The lowest BCUT2D eigenvalue weighted by molar-refractivity contribution is -0.121. The molecular weight excluding hydrogens is 420 g/mol. The van der Waals surface area contributed by atoms with E-state index in [0.29, 0.717) is 36.3 Å². The molecule has 0 radical (unpaired) electrons. The van der Waals surface area contributed by atoms with Crippen LogP contribution >= 0.6 is 0 Å². The standard InChI is InChI=1S/C25H30N4O4/c1-16-7-5-9-20(17(16)2)26-25(30)19-8-6-12-29(14-19)15-23-27-24(28-33-23)18-10-11-21(31-3)22(13-18)32-4/h5,7,9-11,13,19H,6,8,12,14-15H2,1-4H3,(H,26,30). The van der Waals surface area contributed by atoms with Crippen LogP contribution in [0.1, 0.15) is 29.9 Å². The third kappa shape index (κ3) is 5.17. The molecule has 0 bridgehead atoms. The Bertz CT molecular complexity index is 1130. The van der Waals surface area contributed by atoms with Crippen LogP contribution in [0.2, 0.25) is 0 Å². The molecule has 1 unspecified atom stereocenters. The second kappa shape index (κ2) is 10.0. The number of nitrogens with one attached hydrogen (secondary N) is 1. The van der Waals surface area contributed by atoms with Gasteiger partial charge in [-0.05, 0) is 68.6 Å². The average molecular weight is 451 g/mol. The maximum absolute atomic E-state index is 12.9. The van der Waals surface area contributed by atoms with Gasteiger partial charge in [-0.25, -0.2) is 0 Å². The molecule has 33 heavy (non-hydrogen) atoms. The highest BCUT2D eigenvalue weighted by Gasteiger charge is 2.27. The zero-order valence-electron chi connectivity index (χ0n) is 19.6. The van der Waals surface area contributed by atoms with Gasteiger partial charge >= 0.3 is 0 Å². The molecule has 4 rings (SSSR count). The number of aromatic nitrogens is 2. The van der Waals surface area contributed by atoms with E-state index in [1.807, 2.05) is 50.2 Å². The normalized spacial score (nSPS) is 16.4.